The van der Waals surface area contributed by atoms with Gasteiger partial charge in [-0.05, 0) is 51.1 Å². The maximum Gasteiger partial charge on any atom is 0.0966 e. The Hall–Kier alpha value is -1.32. The molecule has 1 heterocycles. The van der Waals surface area contributed by atoms with E-state index in [2.05, 4.69) is 60.5 Å². The predicted octanol–water partition coefficient (Wildman–Crippen LogP) is 4.06. The summed E-state index contributed by atoms with van der Waals surface area (Å²) in [5.41, 5.74) is 4.99. The number of nitrogens with zero attached hydrogens (tertiary/aromatic N) is 1. The summed E-state index contributed by atoms with van der Waals surface area (Å²) in [6.07, 6.45) is 0. The van der Waals surface area contributed by atoms with Crippen LogP contribution in [0.1, 0.15) is 28.4 Å². The van der Waals surface area contributed by atoms with E-state index in [1.165, 1.54) is 16.7 Å². The summed E-state index contributed by atoms with van der Waals surface area (Å²) < 4.78 is 0. The molecule has 0 saturated heterocycles. The largest absolute Gasteiger partial charge is 0.312 e. The number of aromatic nitrogens is 1. The highest BCUT2D eigenvalue weighted by Gasteiger charge is 2.10. The Morgan fingerprint density at radius 2 is 1.75 bits per heavy atom. The monoisotopic (exact) mass is 286 g/mol. The van der Waals surface area contributed by atoms with Gasteiger partial charge in [0, 0.05) is 17.5 Å². The average Bonchev–Trinajstić information content (AvgIpc) is 2.40. The Labute approximate surface area is 126 Å². The number of hydrogen-bond donors (Lipinski definition) is 1. The van der Waals surface area contributed by atoms with Crippen molar-refractivity contribution in [3.63, 3.8) is 0 Å². The van der Waals surface area contributed by atoms with Gasteiger partial charge in [0.05, 0.1) is 5.03 Å². The van der Waals surface area contributed by atoms with Gasteiger partial charge in [-0.25, -0.2) is 4.98 Å². The van der Waals surface area contributed by atoms with Crippen LogP contribution in [0.2, 0.25) is 0 Å². The fourth-order valence-corrected chi connectivity index (χ4v) is 3.37. The number of benzene rings is 1. The molecule has 0 aliphatic heterocycles. The molecule has 2 nitrogen and oxygen atoms in total. The van der Waals surface area contributed by atoms with Gasteiger partial charge in [-0.3, -0.25) is 0 Å². The zero-order chi connectivity index (χ0) is 14.5. The maximum absolute atomic E-state index is 4.58. The van der Waals surface area contributed by atoms with Crippen LogP contribution in [0, 0.1) is 20.8 Å². The minimum absolute atomic E-state index is 0.350. The number of hydrogen-bond acceptors (Lipinski definition) is 3. The van der Waals surface area contributed by atoms with Crippen LogP contribution >= 0.6 is 11.8 Å². The number of thioether (sulfide) groups is 1. The van der Waals surface area contributed by atoms with E-state index in [9.17, 15) is 0 Å². The molecule has 1 N–H and O–H groups in total. The Kier molecular flexibility index (Phi) is 5.21. The Morgan fingerprint density at radius 3 is 2.35 bits per heavy atom. The number of rotatable bonds is 5. The molecule has 0 spiro atoms. The lowest BCUT2D eigenvalue weighted by atomic mass is 10.1. The molecule has 0 amide bonds. The first-order chi connectivity index (χ1) is 9.58. The molecule has 0 bridgehead atoms. The molecular formula is C17H22N2S. The first kappa shape index (κ1) is 15.1. The van der Waals surface area contributed by atoms with Crippen molar-refractivity contribution in [1.29, 1.82) is 0 Å². The molecule has 0 saturated carbocycles. The van der Waals surface area contributed by atoms with Gasteiger partial charge in [0.15, 0.2) is 0 Å². The van der Waals surface area contributed by atoms with Crippen molar-refractivity contribution >= 4 is 11.8 Å². The molecular weight excluding hydrogens is 264 g/mol. The summed E-state index contributed by atoms with van der Waals surface area (Å²) in [4.78, 5) is 4.58. The Balaban J connectivity index is 2.05. The summed E-state index contributed by atoms with van der Waals surface area (Å²) in [5.74, 6) is 0.982. The van der Waals surface area contributed by atoms with E-state index >= 15 is 0 Å². The van der Waals surface area contributed by atoms with Crippen LogP contribution in [0.4, 0.5) is 0 Å². The van der Waals surface area contributed by atoms with E-state index < -0.39 is 0 Å². The van der Waals surface area contributed by atoms with Gasteiger partial charge in [-0.2, -0.15) is 0 Å². The van der Waals surface area contributed by atoms with Crippen molar-refractivity contribution in [3.05, 3.63) is 58.8 Å². The van der Waals surface area contributed by atoms with E-state index in [0.717, 1.165) is 16.5 Å². The van der Waals surface area contributed by atoms with Crippen LogP contribution in [0.5, 0.6) is 0 Å². The van der Waals surface area contributed by atoms with E-state index in [1.54, 1.807) is 11.8 Å². The summed E-state index contributed by atoms with van der Waals surface area (Å²) in [6.45, 7) is 6.28. The highest BCUT2D eigenvalue weighted by Crippen LogP contribution is 2.24. The minimum atomic E-state index is 0.350. The molecule has 2 rings (SSSR count). The van der Waals surface area contributed by atoms with Crippen molar-refractivity contribution in [2.24, 2.45) is 0 Å². The first-order valence-corrected chi connectivity index (χ1v) is 7.89. The van der Waals surface area contributed by atoms with E-state index in [0.29, 0.717) is 6.04 Å². The molecule has 0 fully saturated rings. The lowest BCUT2D eigenvalue weighted by Gasteiger charge is -2.16. The lowest BCUT2D eigenvalue weighted by molar-refractivity contribution is 0.661. The SMILES string of the molecule is CNC(CSc1cc(C)cc(C)n1)c1ccc(C)cc1. The third-order valence-electron chi connectivity index (χ3n) is 3.30. The number of aryl methyl sites for hydroxylation is 3. The van der Waals surface area contributed by atoms with Gasteiger partial charge in [0.25, 0.3) is 0 Å². The van der Waals surface area contributed by atoms with Crippen molar-refractivity contribution in [1.82, 2.24) is 10.3 Å². The lowest BCUT2D eigenvalue weighted by Crippen LogP contribution is -2.18. The van der Waals surface area contributed by atoms with Crippen molar-refractivity contribution in [2.75, 3.05) is 12.8 Å². The third kappa shape index (κ3) is 4.09. The molecule has 20 heavy (non-hydrogen) atoms. The Bertz CT molecular complexity index is 543. The highest BCUT2D eigenvalue weighted by molar-refractivity contribution is 7.99. The third-order valence-corrected chi connectivity index (χ3v) is 4.31. The van der Waals surface area contributed by atoms with Crippen molar-refractivity contribution in [2.45, 2.75) is 31.8 Å². The second-order valence-electron chi connectivity index (χ2n) is 5.19. The fourth-order valence-electron chi connectivity index (χ4n) is 2.19. The van der Waals surface area contributed by atoms with Crippen LogP contribution in [-0.2, 0) is 0 Å². The molecule has 0 aliphatic rings. The summed E-state index contributed by atoms with van der Waals surface area (Å²) in [5, 5.41) is 4.50. The van der Waals surface area contributed by atoms with Gasteiger partial charge in [-0.1, -0.05) is 29.8 Å². The molecule has 2 aromatic rings. The molecule has 0 aliphatic carbocycles. The Morgan fingerprint density at radius 1 is 1.05 bits per heavy atom. The zero-order valence-electron chi connectivity index (χ0n) is 12.6. The summed E-state index contributed by atoms with van der Waals surface area (Å²) in [7, 11) is 2.01. The second kappa shape index (κ2) is 6.91. The van der Waals surface area contributed by atoms with Crippen LogP contribution in [0.3, 0.4) is 0 Å². The average molecular weight is 286 g/mol. The van der Waals surface area contributed by atoms with Crippen LogP contribution in [0.25, 0.3) is 0 Å². The quantitative estimate of drug-likeness (QED) is 0.839. The minimum Gasteiger partial charge on any atom is -0.312 e. The van der Waals surface area contributed by atoms with Gasteiger partial charge in [0.2, 0.25) is 0 Å². The summed E-state index contributed by atoms with van der Waals surface area (Å²) >= 11 is 1.81. The van der Waals surface area contributed by atoms with Crippen LogP contribution in [0.15, 0.2) is 41.4 Å². The molecule has 1 aromatic heterocycles. The van der Waals surface area contributed by atoms with Gasteiger partial charge in [-0.15, -0.1) is 11.8 Å². The van der Waals surface area contributed by atoms with E-state index in [4.69, 9.17) is 0 Å². The standard InChI is InChI=1S/C17H22N2S/c1-12-5-7-15(8-6-12)16(18-4)11-20-17-10-13(2)9-14(3)19-17/h5-10,16,18H,11H2,1-4H3. The first-order valence-electron chi connectivity index (χ1n) is 6.90. The van der Waals surface area contributed by atoms with Crippen molar-refractivity contribution < 1.29 is 0 Å². The molecule has 106 valence electrons. The zero-order valence-corrected chi connectivity index (χ0v) is 13.4. The topological polar surface area (TPSA) is 24.9 Å². The molecule has 1 aromatic carbocycles. The van der Waals surface area contributed by atoms with Gasteiger partial charge >= 0.3 is 0 Å². The molecule has 3 heteroatoms. The second-order valence-corrected chi connectivity index (χ2v) is 6.23. The molecule has 1 unspecified atom stereocenters. The molecule has 0 radical (unpaired) electrons. The molecule has 1 atom stereocenters. The van der Waals surface area contributed by atoms with Crippen molar-refractivity contribution in [3.8, 4) is 0 Å². The van der Waals surface area contributed by atoms with Gasteiger partial charge < -0.3 is 5.32 Å². The van der Waals surface area contributed by atoms with Crippen LogP contribution in [-0.4, -0.2) is 17.8 Å². The highest BCUT2D eigenvalue weighted by atomic mass is 32.2. The van der Waals surface area contributed by atoms with Crippen LogP contribution < -0.4 is 5.32 Å². The maximum atomic E-state index is 4.58. The predicted molar refractivity (Wildman–Crippen MR) is 87.4 cm³/mol. The number of pyridine rings is 1. The van der Waals surface area contributed by atoms with E-state index in [-0.39, 0.29) is 0 Å². The smallest absolute Gasteiger partial charge is 0.0966 e. The van der Waals surface area contributed by atoms with Gasteiger partial charge in [0.1, 0.15) is 0 Å². The fraction of sp³-hybridized carbons (Fsp3) is 0.353. The number of nitrogens with one attached hydrogen (secondary N) is 1. The van der Waals surface area contributed by atoms with E-state index in [1.807, 2.05) is 14.0 Å². The summed E-state index contributed by atoms with van der Waals surface area (Å²) in [6, 6.07) is 13.3. The normalized spacial score (nSPS) is 12.4.